The maximum Gasteiger partial charge on any atom is 0.228 e. The third-order valence-corrected chi connectivity index (χ3v) is 5.04. The number of carbonyl (C=O) groups is 2. The minimum absolute atomic E-state index is 0.00705. The molecule has 6 nitrogen and oxygen atoms in total. The normalized spacial score (nSPS) is 23.5. The Morgan fingerprint density at radius 3 is 2.73 bits per heavy atom. The molecule has 136 valence electrons. The van der Waals surface area contributed by atoms with E-state index in [2.05, 4.69) is 0 Å². The molecule has 0 bridgehead atoms. The first-order chi connectivity index (χ1) is 12.7. The summed E-state index contributed by atoms with van der Waals surface area (Å²) < 4.78 is 11.1. The summed E-state index contributed by atoms with van der Waals surface area (Å²) in [5, 5.41) is 0. The molecular formula is C20H22N2O4. The number of rotatable bonds is 4. The molecule has 0 N–H and O–H groups in total. The molecule has 2 atom stereocenters. The van der Waals surface area contributed by atoms with E-state index in [1.165, 1.54) is 0 Å². The second-order valence-electron chi connectivity index (χ2n) is 6.81. The van der Waals surface area contributed by atoms with Crippen LogP contribution in [-0.2, 0) is 20.9 Å². The van der Waals surface area contributed by atoms with Crippen molar-refractivity contribution < 1.29 is 18.7 Å². The molecule has 2 aliphatic rings. The molecule has 0 saturated carbocycles. The van der Waals surface area contributed by atoms with Crippen LogP contribution in [0.4, 0.5) is 0 Å². The molecule has 26 heavy (non-hydrogen) atoms. The van der Waals surface area contributed by atoms with E-state index in [9.17, 15) is 9.59 Å². The van der Waals surface area contributed by atoms with Crippen molar-refractivity contribution in [3.63, 3.8) is 0 Å². The highest BCUT2D eigenvalue weighted by atomic mass is 16.5. The van der Waals surface area contributed by atoms with Gasteiger partial charge in [-0.2, -0.15) is 0 Å². The molecule has 0 aliphatic carbocycles. The van der Waals surface area contributed by atoms with Crippen LogP contribution in [0.3, 0.4) is 0 Å². The number of benzene rings is 1. The van der Waals surface area contributed by atoms with Crippen molar-refractivity contribution in [2.75, 3.05) is 26.2 Å². The van der Waals surface area contributed by atoms with E-state index < -0.39 is 0 Å². The highest BCUT2D eigenvalue weighted by Gasteiger charge is 2.38. The maximum atomic E-state index is 12.9. The summed E-state index contributed by atoms with van der Waals surface area (Å²) in [7, 11) is 0. The molecule has 3 heterocycles. The van der Waals surface area contributed by atoms with Crippen molar-refractivity contribution in [2.24, 2.45) is 5.92 Å². The van der Waals surface area contributed by atoms with Gasteiger partial charge >= 0.3 is 0 Å². The predicted octanol–water partition coefficient (Wildman–Crippen LogP) is 2.23. The van der Waals surface area contributed by atoms with Gasteiger partial charge < -0.3 is 19.0 Å². The van der Waals surface area contributed by atoms with Gasteiger partial charge in [0.15, 0.2) is 0 Å². The number of hydrogen-bond acceptors (Lipinski definition) is 4. The summed E-state index contributed by atoms with van der Waals surface area (Å²) in [4.78, 5) is 28.8. The SMILES string of the molecule is O=C1CC(C(=O)N2CCOC(c3ccccc3)C2)CN1Cc1ccco1. The Kier molecular flexibility index (Phi) is 4.75. The van der Waals surface area contributed by atoms with Crippen LogP contribution in [0.1, 0.15) is 23.8 Å². The Morgan fingerprint density at radius 2 is 1.96 bits per heavy atom. The molecule has 4 rings (SSSR count). The molecule has 6 heteroatoms. The quantitative estimate of drug-likeness (QED) is 0.845. The van der Waals surface area contributed by atoms with Crippen molar-refractivity contribution in [1.29, 1.82) is 0 Å². The molecule has 2 fully saturated rings. The van der Waals surface area contributed by atoms with Gasteiger partial charge in [0.25, 0.3) is 0 Å². The Labute approximate surface area is 152 Å². The van der Waals surface area contributed by atoms with Crippen LogP contribution in [-0.4, -0.2) is 47.9 Å². The Hall–Kier alpha value is -2.60. The smallest absolute Gasteiger partial charge is 0.228 e. The van der Waals surface area contributed by atoms with Crippen molar-refractivity contribution in [3.05, 3.63) is 60.1 Å². The van der Waals surface area contributed by atoms with Gasteiger partial charge in [-0.1, -0.05) is 30.3 Å². The summed E-state index contributed by atoms with van der Waals surface area (Å²) in [5.41, 5.74) is 1.08. The fourth-order valence-electron chi connectivity index (χ4n) is 3.66. The van der Waals surface area contributed by atoms with Crippen molar-refractivity contribution in [2.45, 2.75) is 19.1 Å². The summed E-state index contributed by atoms with van der Waals surface area (Å²) in [6.07, 6.45) is 1.76. The van der Waals surface area contributed by atoms with Crippen LogP contribution in [0, 0.1) is 5.92 Å². The third kappa shape index (κ3) is 3.51. The number of furan rings is 1. The van der Waals surface area contributed by atoms with Gasteiger partial charge in [0.1, 0.15) is 11.9 Å². The molecule has 1 aromatic carbocycles. The van der Waals surface area contributed by atoms with E-state index in [1.807, 2.05) is 41.3 Å². The van der Waals surface area contributed by atoms with Crippen LogP contribution < -0.4 is 0 Å². The first kappa shape index (κ1) is 16.8. The fourth-order valence-corrected chi connectivity index (χ4v) is 3.66. The lowest BCUT2D eigenvalue weighted by Crippen LogP contribution is -2.45. The molecule has 0 radical (unpaired) electrons. The largest absolute Gasteiger partial charge is 0.467 e. The lowest BCUT2D eigenvalue weighted by molar-refractivity contribution is -0.143. The highest BCUT2D eigenvalue weighted by molar-refractivity contribution is 5.89. The van der Waals surface area contributed by atoms with Gasteiger partial charge in [0.2, 0.25) is 11.8 Å². The average Bonchev–Trinajstić information content (AvgIpc) is 3.32. The fraction of sp³-hybridized carbons (Fsp3) is 0.400. The van der Waals surface area contributed by atoms with Crippen LogP contribution in [0.15, 0.2) is 53.1 Å². The van der Waals surface area contributed by atoms with Gasteiger partial charge in [-0.3, -0.25) is 9.59 Å². The van der Waals surface area contributed by atoms with Crippen LogP contribution in [0.5, 0.6) is 0 Å². The highest BCUT2D eigenvalue weighted by Crippen LogP contribution is 2.26. The average molecular weight is 354 g/mol. The van der Waals surface area contributed by atoms with Gasteiger partial charge in [0, 0.05) is 19.5 Å². The molecule has 2 saturated heterocycles. The van der Waals surface area contributed by atoms with Gasteiger partial charge in [-0.25, -0.2) is 0 Å². The first-order valence-electron chi connectivity index (χ1n) is 8.96. The lowest BCUT2D eigenvalue weighted by Gasteiger charge is -2.34. The van der Waals surface area contributed by atoms with E-state index in [0.29, 0.717) is 32.8 Å². The number of carbonyl (C=O) groups excluding carboxylic acids is 2. The van der Waals surface area contributed by atoms with E-state index in [4.69, 9.17) is 9.15 Å². The number of nitrogens with zero attached hydrogens (tertiary/aromatic N) is 2. The molecule has 2 aliphatic heterocycles. The third-order valence-electron chi connectivity index (χ3n) is 5.04. The Bertz CT molecular complexity index is 759. The number of ether oxygens (including phenoxy) is 1. The van der Waals surface area contributed by atoms with E-state index in [0.717, 1.165) is 11.3 Å². The van der Waals surface area contributed by atoms with Crippen molar-refractivity contribution in [3.8, 4) is 0 Å². The summed E-state index contributed by atoms with van der Waals surface area (Å²) >= 11 is 0. The van der Waals surface area contributed by atoms with Crippen molar-refractivity contribution >= 4 is 11.8 Å². The zero-order chi connectivity index (χ0) is 17.9. The monoisotopic (exact) mass is 354 g/mol. The summed E-state index contributed by atoms with van der Waals surface area (Å²) in [5.74, 6) is 0.506. The molecule has 0 spiro atoms. The molecule has 2 unspecified atom stereocenters. The van der Waals surface area contributed by atoms with Gasteiger partial charge in [-0.15, -0.1) is 0 Å². The topological polar surface area (TPSA) is 63.0 Å². The zero-order valence-corrected chi connectivity index (χ0v) is 14.5. The van der Waals surface area contributed by atoms with E-state index in [1.54, 1.807) is 17.2 Å². The first-order valence-corrected chi connectivity index (χ1v) is 8.96. The minimum Gasteiger partial charge on any atom is -0.467 e. The number of amides is 2. The van der Waals surface area contributed by atoms with E-state index >= 15 is 0 Å². The number of morpholine rings is 1. The summed E-state index contributed by atoms with van der Waals surface area (Å²) in [6.45, 7) is 2.50. The minimum atomic E-state index is -0.285. The second kappa shape index (κ2) is 7.33. The molecular weight excluding hydrogens is 332 g/mol. The maximum absolute atomic E-state index is 12.9. The lowest BCUT2D eigenvalue weighted by atomic mass is 10.0. The van der Waals surface area contributed by atoms with Gasteiger partial charge in [0.05, 0.1) is 31.9 Å². The van der Waals surface area contributed by atoms with Crippen LogP contribution in [0.25, 0.3) is 0 Å². The van der Waals surface area contributed by atoms with Gasteiger partial charge in [-0.05, 0) is 17.7 Å². The second-order valence-corrected chi connectivity index (χ2v) is 6.81. The molecule has 2 amide bonds. The molecule has 1 aromatic heterocycles. The number of likely N-dealkylation sites (tertiary alicyclic amines) is 1. The van der Waals surface area contributed by atoms with E-state index in [-0.39, 0.29) is 30.3 Å². The number of hydrogen-bond donors (Lipinski definition) is 0. The zero-order valence-electron chi connectivity index (χ0n) is 14.5. The molecule has 2 aromatic rings. The van der Waals surface area contributed by atoms with Crippen LogP contribution in [0.2, 0.25) is 0 Å². The Morgan fingerprint density at radius 1 is 1.12 bits per heavy atom. The Balaban J connectivity index is 1.39. The standard InChI is InChI=1S/C20H22N2O4/c23-19-11-16(12-22(19)13-17-7-4-9-25-17)20(24)21-8-10-26-18(14-21)15-5-2-1-3-6-15/h1-7,9,16,18H,8,10-14H2. The predicted molar refractivity (Wildman–Crippen MR) is 93.9 cm³/mol. The van der Waals surface area contributed by atoms with Crippen molar-refractivity contribution in [1.82, 2.24) is 9.80 Å². The van der Waals surface area contributed by atoms with Crippen LogP contribution >= 0.6 is 0 Å². The summed E-state index contributed by atoms with van der Waals surface area (Å²) in [6, 6.07) is 13.6.